The molecule has 1 aliphatic carbocycles. The van der Waals surface area contributed by atoms with E-state index < -0.39 is 0 Å². The second-order valence-corrected chi connectivity index (χ2v) is 5.04. The Balaban J connectivity index is 1.86. The van der Waals surface area contributed by atoms with E-state index in [-0.39, 0.29) is 11.9 Å². The van der Waals surface area contributed by atoms with Gasteiger partial charge >= 0.3 is 0 Å². The molecule has 0 bridgehead atoms. The molecule has 0 aromatic heterocycles. The highest BCUT2D eigenvalue weighted by atomic mass is 19.1. The molecule has 0 radical (unpaired) electrons. The molecule has 0 spiro atoms. The second-order valence-electron chi connectivity index (χ2n) is 5.04. The van der Waals surface area contributed by atoms with Crippen molar-refractivity contribution in [3.05, 3.63) is 58.9 Å². The van der Waals surface area contributed by atoms with E-state index in [2.05, 4.69) is 5.32 Å². The van der Waals surface area contributed by atoms with Crippen molar-refractivity contribution >= 4 is 5.69 Å². The lowest BCUT2D eigenvalue weighted by Crippen LogP contribution is -2.07. The lowest BCUT2D eigenvalue weighted by molar-refractivity contribution is 0.469. The first-order valence-electron chi connectivity index (χ1n) is 6.48. The first-order valence-corrected chi connectivity index (χ1v) is 6.48. The zero-order valence-electron chi connectivity index (χ0n) is 10.8. The summed E-state index contributed by atoms with van der Waals surface area (Å²) in [7, 11) is 0. The smallest absolute Gasteiger partial charge is 0.128 e. The zero-order valence-corrected chi connectivity index (χ0v) is 10.8. The van der Waals surface area contributed by atoms with Gasteiger partial charge in [0.1, 0.15) is 11.6 Å². The fraction of sp³-hybridized carbons (Fsp3) is 0.250. The molecule has 0 saturated carbocycles. The Kier molecular flexibility index (Phi) is 2.90. The third kappa shape index (κ3) is 2.16. The maximum absolute atomic E-state index is 13.5. The summed E-state index contributed by atoms with van der Waals surface area (Å²) < 4.78 is 13.5. The number of halogens is 1. The van der Waals surface area contributed by atoms with Crippen LogP contribution in [0.1, 0.15) is 29.2 Å². The molecule has 0 saturated heterocycles. The third-order valence-corrected chi connectivity index (χ3v) is 3.76. The summed E-state index contributed by atoms with van der Waals surface area (Å²) in [5.74, 6) is 0.163. The second kappa shape index (κ2) is 4.57. The van der Waals surface area contributed by atoms with E-state index in [9.17, 15) is 9.50 Å². The predicted octanol–water partition coefficient (Wildman–Crippen LogP) is 3.94. The van der Waals surface area contributed by atoms with Crippen molar-refractivity contribution in [2.75, 3.05) is 5.32 Å². The molecule has 2 aromatic carbocycles. The molecule has 0 fully saturated rings. The number of phenolic OH excluding ortho intramolecular Hbond substituents is 1. The predicted molar refractivity (Wildman–Crippen MR) is 73.9 cm³/mol. The summed E-state index contributed by atoms with van der Waals surface area (Å²) in [6.07, 6.45) is 1.77. The molecule has 19 heavy (non-hydrogen) atoms. The average molecular weight is 257 g/mol. The minimum absolute atomic E-state index is 0.143. The highest BCUT2D eigenvalue weighted by Crippen LogP contribution is 2.38. The van der Waals surface area contributed by atoms with Gasteiger partial charge in [0.2, 0.25) is 0 Å². The van der Waals surface area contributed by atoms with Gasteiger partial charge in [-0.05, 0) is 54.7 Å². The number of aryl methyl sites for hydroxylation is 1. The van der Waals surface area contributed by atoms with Gasteiger partial charge in [-0.15, -0.1) is 0 Å². The van der Waals surface area contributed by atoms with Crippen molar-refractivity contribution in [1.29, 1.82) is 0 Å². The van der Waals surface area contributed by atoms with Crippen LogP contribution in [0.2, 0.25) is 0 Å². The largest absolute Gasteiger partial charge is 0.508 e. The fourth-order valence-corrected chi connectivity index (χ4v) is 2.67. The number of hydrogen-bond acceptors (Lipinski definition) is 2. The Morgan fingerprint density at radius 1 is 1.26 bits per heavy atom. The van der Waals surface area contributed by atoms with Gasteiger partial charge < -0.3 is 10.4 Å². The van der Waals surface area contributed by atoms with Gasteiger partial charge in [0, 0.05) is 5.69 Å². The van der Waals surface area contributed by atoms with Crippen molar-refractivity contribution in [3.63, 3.8) is 0 Å². The van der Waals surface area contributed by atoms with Crippen LogP contribution in [0.4, 0.5) is 10.1 Å². The highest BCUT2D eigenvalue weighted by Gasteiger charge is 2.24. The van der Waals surface area contributed by atoms with E-state index in [1.807, 2.05) is 18.2 Å². The van der Waals surface area contributed by atoms with E-state index in [1.165, 1.54) is 6.07 Å². The summed E-state index contributed by atoms with van der Waals surface area (Å²) in [4.78, 5) is 0. The number of fused-ring (bicyclic) bond motifs is 1. The summed E-state index contributed by atoms with van der Waals surface area (Å²) in [6.45, 7) is 1.75. The first-order chi connectivity index (χ1) is 9.15. The van der Waals surface area contributed by atoms with E-state index in [4.69, 9.17) is 0 Å². The van der Waals surface area contributed by atoms with Crippen molar-refractivity contribution < 1.29 is 9.50 Å². The van der Waals surface area contributed by atoms with Gasteiger partial charge in [-0.2, -0.15) is 0 Å². The lowest BCUT2D eigenvalue weighted by atomic mass is 10.1. The van der Waals surface area contributed by atoms with Crippen LogP contribution < -0.4 is 5.32 Å². The summed E-state index contributed by atoms with van der Waals surface area (Å²) in [5, 5.41) is 13.1. The Morgan fingerprint density at radius 2 is 2.11 bits per heavy atom. The Hall–Kier alpha value is -2.03. The Bertz CT molecular complexity index is 624. The summed E-state index contributed by atoms with van der Waals surface area (Å²) >= 11 is 0. The monoisotopic (exact) mass is 257 g/mol. The molecule has 0 heterocycles. The number of rotatable bonds is 2. The van der Waals surface area contributed by atoms with Crippen molar-refractivity contribution in [3.8, 4) is 5.75 Å². The normalized spacial score (nSPS) is 17.3. The molecule has 3 rings (SSSR count). The number of phenols is 1. The van der Waals surface area contributed by atoms with E-state index >= 15 is 0 Å². The number of anilines is 1. The minimum Gasteiger partial charge on any atom is -0.508 e. The van der Waals surface area contributed by atoms with E-state index in [1.54, 1.807) is 19.1 Å². The fourth-order valence-electron chi connectivity index (χ4n) is 2.67. The zero-order chi connectivity index (χ0) is 13.4. The van der Waals surface area contributed by atoms with Crippen LogP contribution in [0.5, 0.6) is 5.75 Å². The quantitative estimate of drug-likeness (QED) is 0.854. The standard InChI is InChI=1S/C16H16FNO/c1-10-5-6-11(9-14(10)17)18-15-8-7-13-12(15)3-2-4-16(13)19/h2-6,9,15,18-19H,7-8H2,1H3. The van der Waals surface area contributed by atoms with Crippen LogP contribution in [0.15, 0.2) is 36.4 Å². The van der Waals surface area contributed by atoms with Crippen LogP contribution in [-0.4, -0.2) is 5.11 Å². The van der Waals surface area contributed by atoms with Gasteiger partial charge in [-0.25, -0.2) is 4.39 Å². The van der Waals surface area contributed by atoms with Crippen molar-refractivity contribution in [2.45, 2.75) is 25.8 Å². The number of aromatic hydroxyl groups is 1. The summed E-state index contributed by atoms with van der Waals surface area (Å²) in [5.41, 5.74) is 3.55. The van der Waals surface area contributed by atoms with E-state index in [0.29, 0.717) is 11.3 Å². The molecule has 0 amide bonds. The molecule has 1 atom stereocenters. The van der Waals surface area contributed by atoms with Gasteiger partial charge in [0.05, 0.1) is 6.04 Å². The Morgan fingerprint density at radius 3 is 2.89 bits per heavy atom. The molecule has 0 aliphatic heterocycles. The van der Waals surface area contributed by atoms with Crippen LogP contribution in [0.25, 0.3) is 0 Å². The molecule has 1 unspecified atom stereocenters. The maximum atomic E-state index is 13.5. The van der Waals surface area contributed by atoms with E-state index in [0.717, 1.165) is 29.7 Å². The Labute approximate surface area is 111 Å². The number of nitrogens with one attached hydrogen (secondary N) is 1. The van der Waals surface area contributed by atoms with Crippen LogP contribution in [0.3, 0.4) is 0 Å². The van der Waals surface area contributed by atoms with Crippen molar-refractivity contribution in [2.24, 2.45) is 0 Å². The summed E-state index contributed by atoms with van der Waals surface area (Å²) in [6, 6.07) is 10.9. The minimum atomic E-state index is -0.195. The molecular formula is C16H16FNO. The van der Waals surface area contributed by atoms with Gasteiger partial charge in [-0.1, -0.05) is 18.2 Å². The van der Waals surface area contributed by atoms with Gasteiger partial charge in [0.25, 0.3) is 0 Å². The average Bonchev–Trinajstić information content (AvgIpc) is 2.79. The molecule has 98 valence electrons. The van der Waals surface area contributed by atoms with Gasteiger partial charge in [0.15, 0.2) is 0 Å². The maximum Gasteiger partial charge on any atom is 0.128 e. The molecule has 3 heteroatoms. The van der Waals surface area contributed by atoms with Crippen LogP contribution in [-0.2, 0) is 6.42 Å². The molecule has 1 aliphatic rings. The van der Waals surface area contributed by atoms with Gasteiger partial charge in [-0.3, -0.25) is 0 Å². The van der Waals surface area contributed by atoms with Crippen LogP contribution >= 0.6 is 0 Å². The third-order valence-electron chi connectivity index (χ3n) is 3.76. The van der Waals surface area contributed by atoms with Crippen LogP contribution in [0, 0.1) is 12.7 Å². The topological polar surface area (TPSA) is 32.3 Å². The number of benzene rings is 2. The highest BCUT2D eigenvalue weighted by molar-refractivity contribution is 5.52. The molecular weight excluding hydrogens is 241 g/mol. The molecule has 2 nitrogen and oxygen atoms in total. The van der Waals surface area contributed by atoms with Crippen molar-refractivity contribution in [1.82, 2.24) is 0 Å². The molecule has 2 N–H and O–H groups in total. The lowest BCUT2D eigenvalue weighted by Gasteiger charge is -2.16. The number of hydrogen-bond donors (Lipinski definition) is 2. The SMILES string of the molecule is Cc1ccc(NC2CCc3c(O)cccc32)cc1F. The first kappa shape index (κ1) is 12.0. The molecule has 2 aromatic rings.